The van der Waals surface area contributed by atoms with E-state index in [-0.39, 0.29) is 24.6 Å². The largest absolute Gasteiger partial charge is 0.350 e. The summed E-state index contributed by atoms with van der Waals surface area (Å²) in [5, 5.41) is 0. The Labute approximate surface area is 100 Å². The Morgan fingerprint density at radius 2 is 1.88 bits per heavy atom. The molecular weight excluding hydrogens is 220 g/mol. The van der Waals surface area contributed by atoms with Crippen LogP contribution in [0.1, 0.15) is 18.8 Å². The Kier molecular flexibility index (Phi) is 3.11. The summed E-state index contributed by atoms with van der Waals surface area (Å²) in [6, 6.07) is 9.93. The third kappa shape index (κ3) is 2.21. The van der Waals surface area contributed by atoms with Gasteiger partial charge in [-0.15, -0.1) is 0 Å². The van der Waals surface area contributed by atoms with Crippen molar-refractivity contribution in [2.24, 2.45) is 0 Å². The van der Waals surface area contributed by atoms with Crippen LogP contribution in [0.2, 0.25) is 0 Å². The van der Waals surface area contributed by atoms with E-state index in [2.05, 4.69) is 0 Å². The first kappa shape index (κ1) is 11.2. The maximum atomic E-state index is 5.92. The van der Waals surface area contributed by atoms with Crippen molar-refractivity contribution < 1.29 is 18.9 Å². The smallest absolute Gasteiger partial charge is 0.184 e. The molecule has 0 amide bonds. The van der Waals surface area contributed by atoms with Crippen LogP contribution in [0.15, 0.2) is 30.3 Å². The van der Waals surface area contributed by atoms with E-state index in [1.807, 2.05) is 37.3 Å². The number of benzene rings is 1. The first-order valence-electron chi connectivity index (χ1n) is 5.90. The minimum atomic E-state index is -0.315. The first-order valence-corrected chi connectivity index (χ1v) is 5.90. The molecule has 1 unspecified atom stereocenters. The first-order chi connectivity index (χ1) is 8.34. The zero-order valence-corrected chi connectivity index (χ0v) is 9.74. The van der Waals surface area contributed by atoms with Gasteiger partial charge in [-0.2, -0.15) is 0 Å². The number of ether oxygens (including phenoxy) is 4. The Morgan fingerprint density at radius 1 is 1.06 bits per heavy atom. The van der Waals surface area contributed by atoms with Crippen molar-refractivity contribution in [3.63, 3.8) is 0 Å². The van der Waals surface area contributed by atoms with Gasteiger partial charge >= 0.3 is 0 Å². The van der Waals surface area contributed by atoms with E-state index >= 15 is 0 Å². The van der Waals surface area contributed by atoms with Crippen molar-refractivity contribution in [2.45, 2.75) is 31.5 Å². The normalized spacial score (nSPS) is 37.5. The van der Waals surface area contributed by atoms with Gasteiger partial charge in [0.1, 0.15) is 19.0 Å². The zero-order valence-electron chi connectivity index (χ0n) is 9.74. The molecule has 0 spiro atoms. The van der Waals surface area contributed by atoms with E-state index in [0.717, 1.165) is 5.56 Å². The van der Waals surface area contributed by atoms with Crippen LogP contribution in [0.3, 0.4) is 0 Å². The molecule has 0 aliphatic carbocycles. The van der Waals surface area contributed by atoms with Gasteiger partial charge in [0.15, 0.2) is 6.29 Å². The predicted octanol–water partition coefficient (Wildman–Crippen LogP) is 1.86. The number of rotatable bonds is 1. The summed E-state index contributed by atoms with van der Waals surface area (Å²) in [5.41, 5.74) is 1.03. The third-order valence-corrected chi connectivity index (χ3v) is 3.21. The average molecular weight is 236 g/mol. The fourth-order valence-corrected chi connectivity index (χ4v) is 2.22. The van der Waals surface area contributed by atoms with Crippen molar-refractivity contribution in [3.05, 3.63) is 35.9 Å². The number of fused-ring (bicyclic) bond motifs is 1. The zero-order chi connectivity index (χ0) is 11.7. The lowest BCUT2D eigenvalue weighted by atomic mass is 10.1. The van der Waals surface area contributed by atoms with Gasteiger partial charge in [0.25, 0.3) is 0 Å². The SMILES string of the molecule is C[C@@H]1OCO[C@@H]2COC(c3ccccc3)O[C@H]12. The summed E-state index contributed by atoms with van der Waals surface area (Å²) in [6.07, 6.45) is -0.338. The quantitative estimate of drug-likeness (QED) is 0.745. The van der Waals surface area contributed by atoms with Crippen LogP contribution in [0.25, 0.3) is 0 Å². The van der Waals surface area contributed by atoms with Gasteiger partial charge in [0, 0.05) is 5.56 Å². The molecule has 3 rings (SSSR count). The predicted molar refractivity (Wildman–Crippen MR) is 60.3 cm³/mol. The fourth-order valence-electron chi connectivity index (χ4n) is 2.22. The highest BCUT2D eigenvalue weighted by Gasteiger charge is 2.40. The molecule has 4 nitrogen and oxygen atoms in total. The molecule has 2 aliphatic rings. The van der Waals surface area contributed by atoms with E-state index in [4.69, 9.17) is 18.9 Å². The highest BCUT2D eigenvalue weighted by molar-refractivity contribution is 5.16. The van der Waals surface area contributed by atoms with Crippen LogP contribution >= 0.6 is 0 Å². The van der Waals surface area contributed by atoms with Crippen molar-refractivity contribution >= 4 is 0 Å². The standard InChI is InChI=1S/C13H16O4/c1-9-12-11(16-8-15-9)7-14-13(17-12)10-5-3-2-4-6-10/h2-6,9,11-13H,7-8H2,1H3/t9-,11+,12+,13?/m0/s1. The molecule has 4 heteroatoms. The molecule has 1 aromatic carbocycles. The van der Waals surface area contributed by atoms with Gasteiger partial charge in [-0.1, -0.05) is 30.3 Å². The lowest BCUT2D eigenvalue weighted by Gasteiger charge is -2.42. The van der Waals surface area contributed by atoms with Gasteiger partial charge in [0.2, 0.25) is 0 Å². The molecule has 2 saturated heterocycles. The van der Waals surface area contributed by atoms with Crippen LogP contribution in [0.5, 0.6) is 0 Å². The molecule has 17 heavy (non-hydrogen) atoms. The van der Waals surface area contributed by atoms with Crippen LogP contribution in [0, 0.1) is 0 Å². The topological polar surface area (TPSA) is 36.9 Å². The Hall–Kier alpha value is -0.940. The Bertz CT molecular complexity index is 367. The summed E-state index contributed by atoms with van der Waals surface area (Å²) in [7, 11) is 0. The Balaban J connectivity index is 1.74. The van der Waals surface area contributed by atoms with Crippen molar-refractivity contribution in [1.82, 2.24) is 0 Å². The lowest BCUT2D eigenvalue weighted by Crippen LogP contribution is -2.52. The molecule has 2 heterocycles. The monoisotopic (exact) mass is 236 g/mol. The fraction of sp³-hybridized carbons (Fsp3) is 0.538. The molecule has 0 saturated carbocycles. The van der Waals surface area contributed by atoms with E-state index in [0.29, 0.717) is 13.4 Å². The molecule has 2 fully saturated rings. The summed E-state index contributed by atoms with van der Waals surface area (Å²) in [6.45, 7) is 2.89. The van der Waals surface area contributed by atoms with Gasteiger partial charge in [-0.25, -0.2) is 0 Å². The second-order valence-electron chi connectivity index (χ2n) is 4.37. The molecule has 0 N–H and O–H groups in total. The molecule has 4 atom stereocenters. The molecule has 0 bridgehead atoms. The van der Waals surface area contributed by atoms with E-state index in [1.165, 1.54) is 0 Å². The molecule has 0 aromatic heterocycles. The van der Waals surface area contributed by atoms with Crippen LogP contribution in [0.4, 0.5) is 0 Å². The van der Waals surface area contributed by atoms with Crippen LogP contribution in [-0.4, -0.2) is 31.7 Å². The maximum Gasteiger partial charge on any atom is 0.184 e. The highest BCUT2D eigenvalue weighted by Crippen LogP contribution is 2.31. The number of hydrogen-bond acceptors (Lipinski definition) is 4. The third-order valence-electron chi connectivity index (χ3n) is 3.21. The summed E-state index contributed by atoms with van der Waals surface area (Å²) >= 11 is 0. The van der Waals surface area contributed by atoms with Crippen LogP contribution in [-0.2, 0) is 18.9 Å². The van der Waals surface area contributed by atoms with E-state index < -0.39 is 0 Å². The van der Waals surface area contributed by atoms with Crippen molar-refractivity contribution in [2.75, 3.05) is 13.4 Å². The van der Waals surface area contributed by atoms with Crippen LogP contribution < -0.4 is 0 Å². The maximum absolute atomic E-state index is 5.92. The Morgan fingerprint density at radius 3 is 2.71 bits per heavy atom. The minimum absolute atomic E-state index is 0.0151. The van der Waals surface area contributed by atoms with Gasteiger partial charge in [-0.3, -0.25) is 0 Å². The van der Waals surface area contributed by atoms with Gasteiger partial charge in [-0.05, 0) is 6.92 Å². The van der Waals surface area contributed by atoms with Crippen molar-refractivity contribution in [1.29, 1.82) is 0 Å². The van der Waals surface area contributed by atoms with E-state index in [9.17, 15) is 0 Å². The van der Waals surface area contributed by atoms with E-state index in [1.54, 1.807) is 0 Å². The van der Waals surface area contributed by atoms with Gasteiger partial charge < -0.3 is 18.9 Å². The molecular formula is C13H16O4. The summed E-state index contributed by atoms with van der Waals surface area (Å²) < 4.78 is 22.5. The van der Waals surface area contributed by atoms with Crippen molar-refractivity contribution in [3.8, 4) is 0 Å². The number of hydrogen-bond donors (Lipinski definition) is 0. The molecule has 1 aromatic rings. The lowest BCUT2D eigenvalue weighted by molar-refractivity contribution is -0.331. The van der Waals surface area contributed by atoms with Gasteiger partial charge in [0.05, 0.1) is 12.7 Å². The molecule has 92 valence electrons. The minimum Gasteiger partial charge on any atom is -0.350 e. The average Bonchev–Trinajstić information content (AvgIpc) is 2.40. The molecule has 2 aliphatic heterocycles. The second-order valence-corrected chi connectivity index (χ2v) is 4.37. The summed E-state index contributed by atoms with van der Waals surface area (Å²) in [5.74, 6) is 0. The highest BCUT2D eigenvalue weighted by atomic mass is 16.8. The summed E-state index contributed by atoms with van der Waals surface area (Å²) in [4.78, 5) is 0. The second kappa shape index (κ2) is 4.74. The molecule has 0 radical (unpaired) electrons.